The molecule has 0 aliphatic rings. The second kappa shape index (κ2) is 9.72. The van der Waals surface area contributed by atoms with E-state index in [1.807, 2.05) is 6.92 Å². The molecule has 3 aromatic rings. The minimum atomic E-state index is -3.77. The van der Waals surface area contributed by atoms with Gasteiger partial charge in [0.1, 0.15) is 18.2 Å². The number of hydrogen-bond donors (Lipinski definition) is 1. The van der Waals surface area contributed by atoms with Crippen molar-refractivity contribution in [3.63, 3.8) is 0 Å². The number of carbonyl (C=O) groups excluding carboxylic acids is 1. The van der Waals surface area contributed by atoms with Crippen LogP contribution in [0.3, 0.4) is 0 Å². The highest BCUT2D eigenvalue weighted by atomic mass is 32.2. The molecule has 31 heavy (non-hydrogen) atoms. The number of amides is 1. The van der Waals surface area contributed by atoms with Crippen LogP contribution in [0.15, 0.2) is 77.7 Å². The summed E-state index contributed by atoms with van der Waals surface area (Å²) in [5.41, 5.74) is 2.22. The van der Waals surface area contributed by atoms with E-state index in [-0.39, 0.29) is 23.9 Å². The van der Waals surface area contributed by atoms with Crippen LogP contribution in [0.25, 0.3) is 0 Å². The van der Waals surface area contributed by atoms with E-state index in [1.165, 1.54) is 31.3 Å². The highest BCUT2D eigenvalue weighted by Crippen LogP contribution is 2.19. The topological polar surface area (TPSA) is 75.7 Å². The molecule has 0 saturated carbocycles. The predicted octanol–water partition coefficient (Wildman–Crippen LogP) is 3.97. The van der Waals surface area contributed by atoms with Gasteiger partial charge in [-0.05, 0) is 48.9 Å². The van der Waals surface area contributed by atoms with E-state index in [2.05, 4.69) is 5.32 Å². The number of aryl methyl sites for hydroxylation is 1. The molecule has 0 saturated heterocycles. The molecular weight excluding hydrogens is 419 g/mol. The molecule has 8 heteroatoms. The van der Waals surface area contributed by atoms with Crippen LogP contribution in [0.5, 0.6) is 5.75 Å². The Morgan fingerprint density at radius 2 is 1.71 bits per heavy atom. The second-order valence-corrected chi connectivity index (χ2v) is 9.11. The molecule has 3 aromatic carbocycles. The monoisotopic (exact) mass is 442 g/mol. The van der Waals surface area contributed by atoms with Crippen molar-refractivity contribution in [2.24, 2.45) is 0 Å². The van der Waals surface area contributed by atoms with Gasteiger partial charge in [-0.3, -0.25) is 4.79 Å². The van der Waals surface area contributed by atoms with E-state index in [9.17, 15) is 17.6 Å². The third kappa shape index (κ3) is 6.13. The average Bonchev–Trinajstić information content (AvgIpc) is 2.74. The number of benzene rings is 3. The smallest absolute Gasteiger partial charge is 0.243 e. The number of likely N-dealkylation sites (N-methyl/N-ethyl adjacent to an activating group) is 1. The molecular formula is C23H23FN2O4S. The SMILES string of the molecule is Cc1ccc(S(=O)(=O)N(C)CC(=O)Nc2cccc(OCc3ccc(F)cc3)c2)cc1. The quantitative estimate of drug-likeness (QED) is 0.573. The maximum Gasteiger partial charge on any atom is 0.243 e. The number of sulfonamides is 1. The van der Waals surface area contributed by atoms with Crippen molar-refractivity contribution in [3.05, 3.63) is 89.7 Å². The standard InChI is InChI=1S/C23H23FN2O4S/c1-17-6-12-22(13-7-17)31(28,29)26(2)15-23(27)25-20-4-3-5-21(14-20)30-16-18-8-10-19(24)11-9-18/h3-14H,15-16H2,1-2H3,(H,25,27). The molecule has 0 aliphatic carbocycles. The molecule has 0 fully saturated rings. The first kappa shape index (κ1) is 22.5. The first-order chi connectivity index (χ1) is 14.7. The third-order valence-corrected chi connectivity index (χ3v) is 6.35. The molecule has 0 bridgehead atoms. The Bertz CT molecular complexity index is 1150. The Balaban J connectivity index is 1.59. The van der Waals surface area contributed by atoms with Gasteiger partial charge in [0.05, 0.1) is 11.4 Å². The van der Waals surface area contributed by atoms with Gasteiger partial charge >= 0.3 is 0 Å². The van der Waals surface area contributed by atoms with E-state index in [0.29, 0.717) is 11.4 Å². The lowest BCUT2D eigenvalue weighted by Crippen LogP contribution is -2.34. The molecule has 0 unspecified atom stereocenters. The zero-order valence-electron chi connectivity index (χ0n) is 17.2. The summed E-state index contributed by atoms with van der Waals surface area (Å²) in [6.45, 7) is 1.77. The van der Waals surface area contributed by atoms with Crippen LogP contribution in [0, 0.1) is 12.7 Å². The van der Waals surface area contributed by atoms with Gasteiger partial charge in [0.25, 0.3) is 0 Å². The van der Waals surface area contributed by atoms with Crippen molar-refractivity contribution < 1.29 is 22.3 Å². The van der Waals surface area contributed by atoms with Gasteiger partial charge in [0.15, 0.2) is 0 Å². The highest BCUT2D eigenvalue weighted by molar-refractivity contribution is 7.89. The average molecular weight is 443 g/mol. The molecule has 0 aliphatic heterocycles. The van der Waals surface area contributed by atoms with Crippen LogP contribution in [0.2, 0.25) is 0 Å². The first-order valence-electron chi connectivity index (χ1n) is 9.54. The van der Waals surface area contributed by atoms with Crippen molar-refractivity contribution in [2.75, 3.05) is 18.9 Å². The van der Waals surface area contributed by atoms with Crippen LogP contribution < -0.4 is 10.1 Å². The largest absolute Gasteiger partial charge is 0.489 e. The van der Waals surface area contributed by atoms with Crippen molar-refractivity contribution >= 4 is 21.6 Å². The number of hydrogen-bond acceptors (Lipinski definition) is 4. The number of anilines is 1. The van der Waals surface area contributed by atoms with E-state index >= 15 is 0 Å². The summed E-state index contributed by atoms with van der Waals surface area (Å²) in [5.74, 6) is -0.278. The van der Waals surface area contributed by atoms with E-state index in [4.69, 9.17) is 4.74 Å². The Kier molecular flexibility index (Phi) is 7.04. The molecule has 0 spiro atoms. The highest BCUT2D eigenvalue weighted by Gasteiger charge is 2.22. The normalized spacial score (nSPS) is 11.4. The van der Waals surface area contributed by atoms with Gasteiger partial charge in [0.2, 0.25) is 15.9 Å². The fourth-order valence-electron chi connectivity index (χ4n) is 2.79. The second-order valence-electron chi connectivity index (χ2n) is 7.07. The molecule has 1 N–H and O–H groups in total. The molecule has 0 aromatic heterocycles. The maximum absolute atomic E-state index is 13.0. The molecule has 3 rings (SSSR count). The van der Waals surface area contributed by atoms with Gasteiger partial charge in [-0.25, -0.2) is 12.8 Å². The van der Waals surface area contributed by atoms with Gasteiger partial charge in [-0.1, -0.05) is 35.9 Å². The number of nitrogens with one attached hydrogen (secondary N) is 1. The van der Waals surface area contributed by atoms with Crippen molar-refractivity contribution in [1.82, 2.24) is 4.31 Å². The Morgan fingerprint density at radius 3 is 2.39 bits per heavy atom. The van der Waals surface area contributed by atoms with Crippen LogP contribution in [-0.4, -0.2) is 32.2 Å². The zero-order chi connectivity index (χ0) is 22.4. The number of rotatable bonds is 8. The number of carbonyl (C=O) groups is 1. The van der Waals surface area contributed by atoms with Crippen LogP contribution in [0.1, 0.15) is 11.1 Å². The summed E-state index contributed by atoms with van der Waals surface area (Å²) in [4.78, 5) is 12.5. The molecule has 6 nitrogen and oxygen atoms in total. The lowest BCUT2D eigenvalue weighted by atomic mass is 10.2. The maximum atomic E-state index is 13.0. The summed E-state index contributed by atoms with van der Waals surface area (Å²) in [6, 6.07) is 19.2. The van der Waals surface area contributed by atoms with Crippen LogP contribution in [0.4, 0.5) is 10.1 Å². The van der Waals surface area contributed by atoms with Crippen LogP contribution >= 0.6 is 0 Å². The van der Waals surface area contributed by atoms with Gasteiger partial charge in [0, 0.05) is 18.8 Å². The zero-order valence-corrected chi connectivity index (χ0v) is 18.0. The number of ether oxygens (including phenoxy) is 1. The van der Waals surface area contributed by atoms with Crippen LogP contribution in [-0.2, 0) is 21.4 Å². The van der Waals surface area contributed by atoms with Gasteiger partial charge in [-0.15, -0.1) is 0 Å². The molecule has 162 valence electrons. The fourth-order valence-corrected chi connectivity index (χ4v) is 3.92. The minimum absolute atomic E-state index is 0.129. The van der Waals surface area contributed by atoms with E-state index in [0.717, 1.165) is 15.4 Å². The van der Waals surface area contributed by atoms with Crippen molar-refractivity contribution in [3.8, 4) is 5.75 Å². The van der Waals surface area contributed by atoms with Gasteiger partial charge < -0.3 is 10.1 Å². The lowest BCUT2D eigenvalue weighted by Gasteiger charge is -2.17. The van der Waals surface area contributed by atoms with E-state index in [1.54, 1.807) is 48.5 Å². The van der Waals surface area contributed by atoms with Crippen molar-refractivity contribution in [2.45, 2.75) is 18.4 Å². The first-order valence-corrected chi connectivity index (χ1v) is 11.0. The summed E-state index contributed by atoms with van der Waals surface area (Å²) in [7, 11) is -2.41. The Morgan fingerprint density at radius 1 is 1.03 bits per heavy atom. The molecule has 1 amide bonds. The number of halogens is 1. The Hall–Kier alpha value is -3.23. The molecule has 0 radical (unpaired) electrons. The summed E-state index contributed by atoms with van der Waals surface area (Å²) < 4.78 is 44.9. The summed E-state index contributed by atoms with van der Waals surface area (Å²) in [6.07, 6.45) is 0. The third-order valence-electron chi connectivity index (χ3n) is 4.53. The van der Waals surface area contributed by atoms with Gasteiger partial charge in [-0.2, -0.15) is 4.31 Å². The molecule has 0 atom stereocenters. The lowest BCUT2D eigenvalue weighted by molar-refractivity contribution is -0.116. The molecule has 0 heterocycles. The Labute approximate surface area is 181 Å². The predicted molar refractivity (Wildman–Crippen MR) is 117 cm³/mol. The minimum Gasteiger partial charge on any atom is -0.489 e. The van der Waals surface area contributed by atoms with E-state index < -0.39 is 15.9 Å². The summed E-state index contributed by atoms with van der Waals surface area (Å²) >= 11 is 0. The van der Waals surface area contributed by atoms with Crippen molar-refractivity contribution in [1.29, 1.82) is 0 Å². The summed E-state index contributed by atoms with van der Waals surface area (Å²) in [5, 5.41) is 2.68. The fraction of sp³-hybridized carbons (Fsp3) is 0.174. The number of nitrogens with zero attached hydrogens (tertiary/aromatic N) is 1.